The van der Waals surface area contributed by atoms with Crippen LogP contribution in [0.2, 0.25) is 5.02 Å². The molecule has 1 aliphatic rings. The van der Waals surface area contributed by atoms with Crippen molar-refractivity contribution in [1.29, 1.82) is 0 Å². The van der Waals surface area contributed by atoms with Crippen LogP contribution in [0.3, 0.4) is 0 Å². The molecule has 18 heavy (non-hydrogen) atoms. The van der Waals surface area contributed by atoms with Crippen LogP contribution >= 0.6 is 11.6 Å². The Balaban J connectivity index is 1.99. The zero-order chi connectivity index (χ0) is 13.0. The van der Waals surface area contributed by atoms with Gasteiger partial charge in [-0.1, -0.05) is 11.6 Å². The van der Waals surface area contributed by atoms with E-state index in [2.05, 4.69) is 10.6 Å². The predicted molar refractivity (Wildman–Crippen MR) is 71.3 cm³/mol. The number of halogens is 1. The normalized spacial score (nSPS) is 18.7. The molecular weight excluding hydrogens is 252 g/mol. The largest absolute Gasteiger partial charge is 0.496 e. The molecule has 0 aromatic heterocycles. The maximum atomic E-state index is 12.0. The third-order valence-corrected chi connectivity index (χ3v) is 3.36. The van der Waals surface area contributed by atoms with Gasteiger partial charge in [0.1, 0.15) is 5.75 Å². The van der Waals surface area contributed by atoms with Crippen molar-refractivity contribution in [2.75, 3.05) is 26.7 Å². The smallest absolute Gasteiger partial charge is 0.255 e. The number of ether oxygens (including phenoxy) is 1. The van der Waals surface area contributed by atoms with Gasteiger partial charge in [-0.3, -0.25) is 4.79 Å². The molecule has 1 aromatic carbocycles. The van der Waals surface area contributed by atoms with Crippen molar-refractivity contribution in [3.8, 4) is 5.75 Å². The summed E-state index contributed by atoms with van der Waals surface area (Å²) in [6.07, 6.45) is 1.11. The molecule has 0 spiro atoms. The van der Waals surface area contributed by atoms with E-state index in [9.17, 15) is 4.79 Å². The van der Waals surface area contributed by atoms with E-state index in [1.807, 2.05) is 0 Å². The Morgan fingerprint density at radius 1 is 1.61 bits per heavy atom. The number of carbonyl (C=O) groups excluding carboxylic acids is 1. The van der Waals surface area contributed by atoms with Gasteiger partial charge in [0, 0.05) is 11.6 Å². The van der Waals surface area contributed by atoms with Crippen molar-refractivity contribution >= 4 is 17.5 Å². The first-order chi connectivity index (χ1) is 8.70. The highest BCUT2D eigenvalue weighted by atomic mass is 35.5. The van der Waals surface area contributed by atoms with Gasteiger partial charge in [0.2, 0.25) is 0 Å². The number of benzene rings is 1. The van der Waals surface area contributed by atoms with Crippen molar-refractivity contribution in [2.24, 2.45) is 5.92 Å². The standard InChI is InChI=1S/C13H17ClN2O2/c1-18-12-6-10(14)2-3-11(12)13(17)16-8-9-4-5-15-7-9/h2-3,6,9,15H,4-5,7-8H2,1H3,(H,16,17). The van der Waals surface area contributed by atoms with E-state index in [1.54, 1.807) is 18.2 Å². The fourth-order valence-corrected chi connectivity index (χ4v) is 2.24. The highest BCUT2D eigenvalue weighted by molar-refractivity contribution is 6.30. The molecule has 4 nitrogen and oxygen atoms in total. The summed E-state index contributed by atoms with van der Waals surface area (Å²) in [7, 11) is 1.53. The number of carbonyl (C=O) groups is 1. The monoisotopic (exact) mass is 268 g/mol. The second-order valence-electron chi connectivity index (χ2n) is 4.41. The molecule has 2 N–H and O–H groups in total. The zero-order valence-electron chi connectivity index (χ0n) is 10.3. The first-order valence-electron chi connectivity index (χ1n) is 6.03. The molecule has 0 radical (unpaired) electrons. The number of nitrogens with one attached hydrogen (secondary N) is 2. The summed E-state index contributed by atoms with van der Waals surface area (Å²) < 4.78 is 5.16. The second-order valence-corrected chi connectivity index (χ2v) is 4.85. The van der Waals surface area contributed by atoms with Crippen molar-refractivity contribution < 1.29 is 9.53 Å². The third kappa shape index (κ3) is 3.15. The van der Waals surface area contributed by atoms with Gasteiger partial charge in [-0.25, -0.2) is 0 Å². The number of hydrogen-bond acceptors (Lipinski definition) is 3. The number of hydrogen-bond donors (Lipinski definition) is 2. The molecule has 1 unspecified atom stereocenters. The number of rotatable bonds is 4. The maximum Gasteiger partial charge on any atom is 0.255 e. The van der Waals surface area contributed by atoms with Crippen molar-refractivity contribution in [3.05, 3.63) is 28.8 Å². The minimum Gasteiger partial charge on any atom is -0.496 e. The van der Waals surface area contributed by atoms with Crippen LogP contribution in [0, 0.1) is 5.92 Å². The average molecular weight is 269 g/mol. The van der Waals surface area contributed by atoms with Gasteiger partial charge in [-0.15, -0.1) is 0 Å². The van der Waals surface area contributed by atoms with E-state index in [-0.39, 0.29) is 5.91 Å². The Morgan fingerprint density at radius 2 is 2.44 bits per heavy atom. The SMILES string of the molecule is COc1cc(Cl)ccc1C(=O)NCC1CCNC1. The summed E-state index contributed by atoms with van der Waals surface area (Å²) in [5.74, 6) is 0.909. The summed E-state index contributed by atoms with van der Waals surface area (Å²) in [4.78, 5) is 12.0. The van der Waals surface area contributed by atoms with E-state index in [0.717, 1.165) is 19.5 Å². The van der Waals surface area contributed by atoms with Gasteiger partial charge >= 0.3 is 0 Å². The van der Waals surface area contributed by atoms with Crippen molar-refractivity contribution in [1.82, 2.24) is 10.6 Å². The lowest BCUT2D eigenvalue weighted by Gasteiger charge is -2.12. The first-order valence-corrected chi connectivity index (χ1v) is 6.41. The van der Waals surface area contributed by atoms with Crippen LogP contribution in [0.15, 0.2) is 18.2 Å². The van der Waals surface area contributed by atoms with Gasteiger partial charge < -0.3 is 15.4 Å². The lowest BCUT2D eigenvalue weighted by Crippen LogP contribution is -2.30. The fourth-order valence-electron chi connectivity index (χ4n) is 2.07. The molecule has 1 amide bonds. The van der Waals surface area contributed by atoms with Crippen LogP contribution < -0.4 is 15.4 Å². The molecule has 0 saturated carbocycles. The van der Waals surface area contributed by atoms with Gasteiger partial charge in [0.05, 0.1) is 12.7 Å². The molecule has 1 fully saturated rings. The van der Waals surface area contributed by atoms with Crippen LogP contribution in [0.25, 0.3) is 0 Å². The highest BCUT2D eigenvalue weighted by Gasteiger charge is 2.17. The van der Waals surface area contributed by atoms with E-state index < -0.39 is 0 Å². The first kappa shape index (κ1) is 13.2. The molecular formula is C13H17ClN2O2. The Kier molecular flexibility index (Phi) is 4.44. The highest BCUT2D eigenvalue weighted by Crippen LogP contribution is 2.23. The van der Waals surface area contributed by atoms with E-state index in [1.165, 1.54) is 7.11 Å². The number of amides is 1. The van der Waals surface area contributed by atoms with Gasteiger partial charge in [-0.05, 0) is 43.6 Å². The lowest BCUT2D eigenvalue weighted by atomic mass is 10.1. The maximum absolute atomic E-state index is 12.0. The summed E-state index contributed by atoms with van der Waals surface area (Å²) in [6, 6.07) is 5.02. The molecule has 1 aliphatic heterocycles. The summed E-state index contributed by atoms with van der Waals surface area (Å²) in [6.45, 7) is 2.69. The predicted octanol–water partition coefficient (Wildman–Crippen LogP) is 1.69. The Labute approximate surface area is 112 Å². The topological polar surface area (TPSA) is 50.4 Å². The lowest BCUT2D eigenvalue weighted by molar-refractivity contribution is 0.0945. The van der Waals surface area contributed by atoms with E-state index in [0.29, 0.717) is 28.8 Å². The molecule has 1 atom stereocenters. The molecule has 0 aliphatic carbocycles. The Bertz CT molecular complexity index is 431. The quantitative estimate of drug-likeness (QED) is 0.874. The molecule has 98 valence electrons. The molecule has 1 aromatic rings. The van der Waals surface area contributed by atoms with Crippen LogP contribution in [-0.4, -0.2) is 32.7 Å². The second kappa shape index (κ2) is 6.07. The molecule has 2 rings (SSSR count). The van der Waals surface area contributed by atoms with E-state index in [4.69, 9.17) is 16.3 Å². The van der Waals surface area contributed by atoms with Crippen LogP contribution in [-0.2, 0) is 0 Å². The Hall–Kier alpha value is -1.26. The van der Waals surface area contributed by atoms with Crippen LogP contribution in [0.1, 0.15) is 16.8 Å². The summed E-state index contributed by atoms with van der Waals surface area (Å²) >= 11 is 5.86. The fraction of sp³-hybridized carbons (Fsp3) is 0.462. The van der Waals surface area contributed by atoms with Gasteiger partial charge in [0.15, 0.2) is 0 Å². The summed E-state index contributed by atoms with van der Waals surface area (Å²) in [5.41, 5.74) is 0.521. The minimum absolute atomic E-state index is 0.115. The van der Waals surface area contributed by atoms with Crippen molar-refractivity contribution in [3.63, 3.8) is 0 Å². The molecule has 5 heteroatoms. The van der Waals surface area contributed by atoms with Gasteiger partial charge in [0.25, 0.3) is 5.91 Å². The van der Waals surface area contributed by atoms with Gasteiger partial charge in [-0.2, -0.15) is 0 Å². The number of methoxy groups -OCH3 is 1. The van der Waals surface area contributed by atoms with Crippen LogP contribution in [0.5, 0.6) is 5.75 Å². The van der Waals surface area contributed by atoms with E-state index >= 15 is 0 Å². The Morgan fingerprint density at radius 3 is 3.11 bits per heavy atom. The average Bonchev–Trinajstić information content (AvgIpc) is 2.88. The zero-order valence-corrected chi connectivity index (χ0v) is 11.1. The minimum atomic E-state index is -0.115. The molecule has 1 saturated heterocycles. The third-order valence-electron chi connectivity index (χ3n) is 3.12. The molecule has 1 heterocycles. The van der Waals surface area contributed by atoms with Crippen LogP contribution in [0.4, 0.5) is 0 Å². The van der Waals surface area contributed by atoms with Crippen molar-refractivity contribution in [2.45, 2.75) is 6.42 Å². The molecule has 0 bridgehead atoms. The summed E-state index contributed by atoms with van der Waals surface area (Å²) in [5, 5.41) is 6.76.